The number of anilines is 1. The van der Waals surface area contributed by atoms with Crippen LogP contribution >= 0.6 is 11.6 Å². The van der Waals surface area contributed by atoms with Crippen LogP contribution in [0.1, 0.15) is 24.6 Å². The van der Waals surface area contributed by atoms with Crippen LogP contribution in [0.15, 0.2) is 6.07 Å². The van der Waals surface area contributed by atoms with E-state index in [0.717, 1.165) is 24.5 Å². The third-order valence-corrected chi connectivity index (χ3v) is 3.07. The van der Waals surface area contributed by atoms with Gasteiger partial charge in [0.1, 0.15) is 16.8 Å². The van der Waals surface area contributed by atoms with Crippen LogP contribution in [0.5, 0.6) is 0 Å². The molecule has 100 valence electrons. The van der Waals surface area contributed by atoms with Crippen molar-refractivity contribution in [2.24, 2.45) is 0 Å². The van der Waals surface area contributed by atoms with Gasteiger partial charge in [0.05, 0.1) is 12.7 Å². The zero-order valence-corrected chi connectivity index (χ0v) is 11.4. The average Bonchev–Trinajstić information content (AvgIpc) is 3.12. The van der Waals surface area contributed by atoms with E-state index >= 15 is 0 Å². The van der Waals surface area contributed by atoms with Gasteiger partial charge in [-0.1, -0.05) is 11.6 Å². The molecule has 1 N–H and O–H groups in total. The monoisotopic (exact) mass is 271 g/mol. The molecule has 1 atom stereocenters. The molecule has 6 heteroatoms. The Labute approximate surface area is 112 Å². The van der Waals surface area contributed by atoms with Crippen molar-refractivity contribution >= 4 is 17.4 Å². The van der Waals surface area contributed by atoms with Gasteiger partial charge in [-0.2, -0.15) is 0 Å². The fraction of sp³-hybridized carbons (Fsp3) is 0.667. The maximum atomic E-state index is 9.70. The number of rotatable bonds is 6. The first-order chi connectivity index (χ1) is 8.60. The minimum atomic E-state index is -0.543. The van der Waals surface area contributed by atoms with Crippen molar-refractivity contribution in [1.29, 1.82) is 0 Å². The molecule has 1 unspecified atom stereocenters. The minimum absolute atomic E-state index is 0.304. The van der Waals surface area contributed by atoms with Gasteiger partial charge in [-0.25, -0.2) is 9.97 Å². The molecule has 1 aliphatic rings. The van der Waals surface area contributed by atoms with Crippen LogP contribution in [0.3, 0.4) is 0 Å². The van der Waals surface area contributed by atoms with Gasteiger partial charge in [0.15, 0.2) is 0 Å². The van der Waals surface area contributed by atoms with E-state index in [2.05, 4.69) is 9.97 Å². The van der Waals surface area contributed by atoms with Crippen molar-refractivity contribution in [2.45, 2.75) is 24.9 Å². The van der Waals surface area contributed by atoms with Crippen LogP contribution in [0.2, 0.25) is 5.15 Å². The normalized spacial score (nSPS) is 16.7. The topological polar surface area (TPSA) is 58.5 Å². The molecule has 0 aromatic carbocycles. The average molecular weight is 272 g/mol. The molecule has 1 fully saturated rings. The van der Waals surface area contributed by atoms with Gasteiger partial charge in [-0.05, 0) is 12.8 Å². The van der Waals surface area contributed by atoms with Crippen molar-refractivity contribution in [3.05, 3.63) is 17.0 Å². The first-order valence-corrected chi connectivity index (χ1v) is 6.40. The fourth-order valence-corrected chi connectivity index (χ4v) is 1.98. The van der Waals surface area contributed by atoms with Crippen LogP contribution < -0.4 is 4.90 Å². The number of hydrogen-bond donors (Lipinski definition) is 1. The second kappa shape index (κ2) is 5.82. The Balaban J connectivity index is 2.06. The minimum Gasteiger partial charge on any atom is -0.389 e. The lowest BCUT2D eigenvalue weighted by molar-refractivity contribution is 0.0694. The van der Waals surface area contributed by atoms with Crippen molar-refractivity contribution < 1.29 is 9.84 Å². The summed E-state index contributed by atoms with van der Waals surface area (Å²) in [5, 5.41) is 10.2. The molecule has 5 nitrogen and oxygen atoms in total. The van der Waals surface area contributed by atoms with E-state index in [1.807, 2.05) is 11.9 Å². The summed E-state index contributed by atoms with van der Waals surface area (Å²) in [7, 11) is 3.43. The van der Waals surface area contributed by atoms with E-state index in [1.165, 1.54) is 0 Å². The Bertz CT molecular complexity index is 412. The maximum absolute atomic E-state index is 9.70. The molecule has 1 aliphatic carbocycles. The number of ether oxygens (including phenoxy) is 1. The maximum Gasteiger partial charge on any atom is 0.135 e. The van der Waals surface area contributed by atoms with Gasteiger partial charge in [0.2, 0.25) is 0 Å². The summed E-state index contributed by atoms with van der Waals surface area (Å²) in [6, 6.07) is 1.72. The lowest BCUT2D eigenvalue weighted by atomic mass is 10.3. The highest BCUT2D eigenvalue weighted by atomic mass is 35.5. The van der Waals surface area contributed by atoms with Crippen LogP contribution in [0, 0.1) is 0 Å². The summed E-state index contributed by atoms with van der Waals surface area (Å²) < 4.78 is 4.90. The number of aromatic nitrogens is 2. The number of aliphatic hydroxyl groups excluding tert-OH is 1. The molecule has 0 aliphatic heterocycles. The van der Waals surface area contributed by atoms with E-state index in [0.29, 0.717) is 24.2 Å². The largest absolute Gasteiger partial charge is 0.389 e. The number of aliphatic hydroxyl groups is 1. The Hall–Kier alpha value is -0.910. The van der Waals surface area contributed by atoms with Gasteiger partial charge < -0.3 is 14.7 Å². The molecular formula is C12H18ClN3O2. The van der Waals surface area contributed by atoms with Crippen molar-refractivity contribution in [3.8, 4) is 0 Å². The highest BCUT2D eigenvalue weighted by molar-refractivity contribution is 6.29. The van der Waals surface area contributed by atoms with Gasteiger partial charge >= 0.3 is 0 Å². The van der Waals surface area contributed by atoms with Gasteiger partial charge in [0.25, 0.3) is 0 Å². The standard InChI is InChI=1S/C12H18ClN3O2/c1-16(6-9(17)7-18-2)11-5-10(13)14-12(15-11)8-3-4-8/h5,8-9,17H,3-4,6-7H2,1-2H3. The second-order valence-corrected chi connectivity index (χ2v) is 5.06. The van der Waals surface area contributed by atoms with E-state index in [9.17, 15) is 5.11 Å². The highest BCUT2D eigenvalue weighted by Gasteiger charge is 2.27. The van der Waals surface area contributed by atoms with Crippen LogP contribution in [0.25, 0.3) is 0 Å². The number of methoxy groups -OCH3 is 1. The summed E-state index contributed by atoms with van der Waals surface area (Å²) in [4.78, 5) is 10.6. The molecule has 1 aromatic rings. The SMILES string of the molecule is COCC(O)CN(C)c1cc(Cl)nc(C2CC2)n1. The quantitative estimate of drug-likeness (QED) is 0.794. The first-order valence-electron chi connectivity index (χ1n) is 6.02. The predicted molar refractivity (Wildman–Crippen MR) is 70.2 cm³/mol. The fourth-order valence-electron chi connectivity index (χ4n) is 1.80. The number of likely N-dealkylation sites (N-methyl/N-ethyl adjacent to an activating group) is 1. The molecular weight excluding hydrogens is 254 g/mol. The molecule has 0 radical (unpaired) electrons. The van der Waals surface area contributed by atoms with E-state index in [1.54, 1.807) is 13.2 Å². The van der Waals surface area contributed by atoms with Crippen molar-refractivity contribution in [1.82, 2.24) is 9.97 Å². The summed E-state index contributed by atoms with van der Waals surface area (Å²) in [5.74, 6) is 2.01. The van der Waals surface area contributed by atoms with E-state index in [4.69, 9.17) is 16.3 Å². The zero-order valence-electron chi connectivity index (χ0n) is 10.6. The summed E-state index contributed by atoms with van der Waals surface area (Å²) in [6.45, 7) is 0.754. The van der Waals surface area contributed by atoms with Crippen LogP contribution in [-0.4, -0.2) is 48.5 Å². The van der Waals surface area contributed by atoms with E-state index in [-0.39, 0.29) is 0 Å². The smallest absolute Gasteiger partial charge is 0.135 e. The van der Waals surface area contributed by atoms with Gasteiger partial charge in [-0.3, -0.25) is 0 Å². The second-order valence-electron chi connectivity index (χ2n) is 4.67. The number of nitrogens with zero attached hydrogens (tertiary/aromatic N) is 3. The molecule has 2 rings (SSSR count). The molecule has 18 heavy (non-hydrogen) atoms. The molecule has 1 heterocycles. The first kappa shape index (κ1) is 13.5. The summed E-state index contributed by atoms with van der Waals surface area (Å²) in [6.07, 6.45) is 1.73. The molecule has 1 aromatic heterocycles. The lowest BCUT2D eigenvalue weighted by Crippen LogP contribution is -2.32. The summed E-state index contributed by atoms with van der Waals surface area (Å²) >= 11 is 6.00. The van der Waals surface area contributed by atoms with Gasteiger partial charge in [-0.15, -0.1) is 0 Å². The van der Waals surface area contributed by atoms with Crippen molar-refractivity contribution in [2.75, 3.05) is 32.2 Å². The molecule has 0 bridgehead atoms. The third kappa shape index (κ3) is 3.54. The Kier molecular flexibility index (Phi) is 4.37. The van der Waals surface area contributed by atoms with Crippen molar-refractivity contribution in [3.63, 3.8) is 0 Å². The summed E-state index contributed by atoms with van der Waals surface area (Å²) in [5.41, 5.74) is 0. The predicted octanol–water partition coefficient (Wildman–Crippen LogP) is 1.45. The van der Waals surface area contributed by atoms with Crippen LogP contribution in [0.4, 0.5) is 5.82 Å². The van der Waals surface area contributed by atoms with E-state index < -0.39 is 6.10 Å². The lowest BCUT2D eigenvalue weighted by Gasteiger charge is -2.21. The third-order valence-electron chi connectivity index (χ3n) is 2.88. The Morgan fingerprint density at radius 1 is 1.56 bits per heavy atom. The van der Waals surface area contributed by atoms with Crippen LogP contribution in [-0.2, 0) is 4.74 Å². The zero-order chi connectivity index (χ0) is 13.1. The van der Waals surface area contributed by atoms with Gasteiger partial charge in [0, 0.05) is 32.7 Å². The number of halogens is 1. The molecule has 0 amide bonds. The Morgan fingerprint density at radius 3 is 2.89 bits per heavy atom. The molecule has 0 spiro atoms. The molecule has 0 saturated heterocycles. The molecule has 1 saturated carbocycles. The Morgan fingerprint density at radius 2 is 2.28 bits per heavy atom. The number of hydrogen-bond acceptors (Lipinski definition) is 5. The highest BCUT2D eigenvalue weighted by Crippen LogP contribution is 2.39.